The Balaban J connectivity index is 1.74. The van der Waals surface area contributed by atoms with Crippen molar-refractivity contribution < 1.29 is 14.3 Å². The molecule has 3 heterocycles. The zero-order chi connectivity index (χ0) is 17.6. The highest BCUT2D eigenvalue weighted by atomic mass is 32.1. The van der Waals surface area contributed by atoms with Gasteiger partial charge in [0.15, 0.2) is 5.13 Å². The van der Waals surface area contributed by atoms with Gasteiger partial charge >= 0.3 is 0 Å². The largest absolute Gasteiger partial charge is 0.490 e. The van der Waals surface area contributed by atoms with Crippen LogP contribution in [0.3, 0.4) is 0 Å². The fourth-order valence-electron chi connectivity index (χ4n) is 3.15. The molecule has 25 heavy (non-hydrogen) atoms. The van der Waals surface area contributed by atoms with Crippen LogP contribution in [0.1, 0.15) is 29.2 Å². The van der Waals surface area contributed by atoms with E-state index in [1.165, 1.54) is 11.3 Å². The lowest BCUT2D eigenvalue weighted by Gasteiger charge is -2.29. The van der Waals surface area contributed by atoms with E-state index < -0.39 is 0 Å². The highest BCUT2D eigenvalue weighted by Crippen LogP contribution is 2.41. The molecule has 130 valence electrons. The summed E-state index contributed by atoms with van der Waals surface area (Å²) in [6.45, 7) is 5.16. The second-order valence-corrected chi connectivity index (χ2v) is 7.71. The normalized spacial score (nSPS) is 17.8. The summed E-state index contributed by atoms with van der Waals surface area (Å²) in [5.74, 6) is 0.667. The van der Waals surface area contributed by atoms with Gasteiger partial charge < -0.3 is 20.3 Å². The highest BCUT2D eigenvalue weighted by molar-refractivity contribution is 7.17. The van der Waals surface area contributed by atoms with Gasteiger partial charge in [-0.3, -0.25) is 9.59 Å². The number of carbonyl (C=O) groups is 2. The van der Waals surface area contributed by atoms with E-state index in [0.717, 1.165) is 22.3 Å². The van der Waals surface area contributed by atoms with Crippen LogP contribution in [0.4, 0.5) is 16.5 Å². The first-order valence-corrected chi connectivity index (χ1v) is 8.85. The first kappa shape index (κ1) is 15.9. The Morgan fingerprint density at radius 2 is 2.28 bits per heavy atom. The summed E-state index contributed by atoms with van der Waals surface area (Å²) in [5.41, 5.74) is 2.07. The summed E-state index contributed by atoms with van der Waals surface area (Å²) in [6.07, 6.45) is 1.35. The second kappa shape index (κ2) is 5.73. The molecule has 7 nitrogen and oxygen atoms in total. The molecule has 8 heteroatoms. The van der Waals surface area contributed by atoms with Crippen LogP contribution in [0.5, 0.6) is 5.75 Å². The SMILES string of the molecule is CC1(C)Cc2nc(N3CCOc4ccc(NC=O)cc43)sc2C(=O)N1. The molecular formula is C17H18N4O3S. The minimum absolute atomic E-state index is 0.0696. The molecule has 4 rings (SSSR count). The maximum Gasteiger partial charge on any atom is 0.263 e. The molecule has 0 radical (unpaired) electrons. The van der Waals surface area contributed by atoms with Crippen LogP contribution in [-0.4, -0.2) is 36.0 Å². The van der Waals surface area contributed by atoms with Gasteiger partial charge in [0.25, 0.3) is 5.91 Å². The zero-order valence-electron chi connectivity index (χ0n) is 14.0. The molecule has 0 bridgehead atoms. The van der Waals surface area contributed by atoms with Crippen LogP contribution in [0.25, 0.3) is 0 Å². The molecule has 0 spiro atoms. The number of anilines is 3. The van der Waals surface area contributed by atoms with Crippen molar-refractivity contribution in [2.75, 3.05) is 23.4 Å². The first-order valence-electron chi connectivity index (χ1n) is 8.04. The van der Waals surface area contributed by atoms with Gasteiger partial charge in [-0.25, -0.2) is 4.98 Å². The number of nitrogens with one attached hydrogen (secondary N) is 2. The van der Waals surface area contributed by atoms with Gasteiger partial charge in [-0.1, -0.05) is 11.3 Å². The number of rotatable bonds is 3. The van der Waals surface area contributed by atoms with E-state index in [4.69, 9.17) is 9.72 Å². The second-order valence-electron chi connectivity index (χ2n) is 6.73. The predicted molar refractivity (Wildman–Crippen MR) is 96.0 cm³/mol. The van der Waals surface area contributed by atoms with E-state index in [2.05, 4.69) is 10.6 Å². The van der Waals surface area contributed by atoms with Gasteiger partial charge in [0.05, 0.1) is 17.9 Å². The third-order valence-corrected chi connectivity index (χ3v) is 5.35. The molecule has 0 atom stereocenters. The summed E-state index contributed by atoms with van der Waals surface area (Å²) in [7, 11) is 0. The fourth-order valence-corrected chi connectivity index (χ4v) is 4.17. The van der Waals surface area contributed by atoms with Gasteiger partial charge in [0, 0.05) is 17.6 Å². The van der Waals surface area contributed by atoms with Gasteiger partial charge in [-0.15, -0.1) is 0 Å². The number of aromatic nitrogens is 1. The number of thiazole rings is 1. The maximum atomic E-state index is 12.3. The molecule has 2 N–H and O–H groups in total. The topological polar surface area (TPSA) is 83.6 Å². The number of amides is 2. The molecule has 1 aromatic heterocycles. The smallest absolute Gasteiger partial charge is 0.263 e. The lowest BCUT2D eigenvalue weighted by atomic mass is 9.94. The summed E-state index contributed by atoms with van der Waals surface area (Å²) >= 11 is 1.39. The number of nitrogens with zero attached hydrogens (tertiary/aromatic N) is 2. The van der Waals surface area contributed by atoms with E-state index in [0.29, 0.717) is 36.5 Å². The highest BCUT2D eigenvalue weighted by Gasteiger charge is 2.34. The standard InChI is InChI=1S/C17H18N4O3S/c1-17(2)8-11-14(15(23)20-17)25-16(19-11)21-5-6-24-13-4-3-10(18-9-22)7-12(13)21/h3-4,7,9H,5-6,8H2,1-2H3,(H,18,22)(H,20,23). The number of ether oxygens (including phenoxy) is 1. The van der Waals surface area contributed by atoms with Crippen molar-refractivity contribution in [2.24, 2.45) is 0 Å². The third kappa shape index (κ3) is 2.82. The Kier molecular flexibility index (Phi) is 3.64. The zero-order valence-corrected chi connectivity index (χ0v) is 14.8. The molecule has 0 saturated heterocycles. The van der Waals surface area contributed by atoms with Crippen LogP contribution < -0.4 is 20.3 Å². The lowest BCUT2D eigenvalue weighted by Crippen LogP contribution is -2.48. The first-order chi connectivity index (χ1) is 12.0. The van der Waals surface area contributed by atoms with Crippen molar-refractivity contribution in [3.63, 3.8) is 0 Å². The van der Waals surface area contributed by atoms with E-state index in [1.807, 2.05) is 30.9 Å². The van der Waals surface area contributed by atoms with E-state index in [9.17, 15) is 9.59 Å². The predicted octanol–water partition coefficient (Wildman–Crippen LogP) is 2.31. The van der Waals surface area contributed by atoms with Crippen molar-refractivity contribution in [1.82, 2.24) is 10.3 Å². The van der Waals surface area contributed by atoms with Crippen LogP contribution in [0.15, 0.2) is 18.2 Å². The van der Waals surface area contributed by atoms with Crippen LogP contribution in [-0.2, 0) is 11.2 Å². The number of carbonyl (C=O) groups excluding carboxylic acids is 2. The van der Waals surface area contributed by atoms with E-state index >= 15 is 0 Å². The molecule has 0 fully saturated rings. The molecule has 2 aromatic rings. The van der Waals surface area contributed by atoms with Crippen molar-refractivity contribution in [2.45, 2.75) is 25.8 Å². The van der Waals surface area contributed by atoms with Gasteiger partial charge in [-0.2, -0.15) is 0 Å². The fraction of sp³-hybridized carbons (Fsp3) is 0.353. The number of hydrogen-bond acceptors (Lipinski definition) is 6. The third-order valence-electron chi connectivity index (χ3n) is 4.23. The van der Waals surface area contributed by atoms with Gasteiger partial charge in [0.2, 0.25) is 6.41 Å². The molecular weight excluding hydrogens is 340 g/mol. The van der Waals surface area contributed by atoms with Crippen LogP contribution in [0, 0.1) is 0 Å². The van der Waals surface area contributed by atoms with Crippen molar-refractivity contribution in [3.8, 4) is 5.75 Å². The molecule has 0 unspecified atom stereocenters. The quantitative estimate of drug-likeness (QED) is 0.823. The molecule has 2 aliphatic heterocycles. The summed E-state index contributed by atoms with van der Waals surface area (Å²) in [4.78, 5) is 30.5. The molecule has 2 amide bonds. The molecule has 0 saturated carbocycles. The number of benzene rings is 1. The minimum Gasteiger partial charge on any atom is -0.490 e. The average molecular weight is 358 g/mol. The molecule has 2 aliphatic rings. The van der Waals surface area contributed by atoms with Gasteiger partial charge in [-0.05, 0) is 32.0 Å². The van der Waals surface area contributed by atoms with E-state index in [-0.39, 0.29) is 11.4 Å². The van der Waals surface area contributed by atoms with Crippen molar-refractivity contribution >= 4 is 40.2 Å². The Morgan fingerprint density at radius 1 is 1.44 bits per heavy atom. The summed E-state index contributed by atoms with van der Waals surface area (Å²) < 4.78 is 5.70. The Bertz CT molecular complexity index is 862. The molecule has 1 aromatic carbocycles. The molecule has 0 aliphatic carbocycles. The maximum absolute atomic E-state index is 12.3. The number of fused-ring (bicyclic) bond motifs is 2. The number of hydrogen-bond donors (Lipinski definition) is 2. The van der Waals surface area contributed by atoms with Crippen molar-refractivity contribution in [3.05, 3.63) is 28.8 Å². The minimum atomic E-state index is -0.292. The average Bonchev–Trinajstić information content (AvgIpc) is 2.97. The lowest BCUT2D eigenvalue weighted by molar-refractivity contribution is -0.105. The Labute approximate surface area is 149 Å². The van der Waals surface area contributed by atoms with Crippen molar-refractivity contribution in [1.29, 1.82) is 0 Å². The Morgan fingerprint density at radius 3 is 3.08 bits per heavy atom. The van der Waals surface area contributed by atoms with Gasteiger partial charge in [0.1, 0.15) is 17.2 Å². The monoisotopic (exact) mass is 358 g/mol. The summed E-state index contributed by atoms with van der Waals surface area (Å²) in [5, 5.41) is 6.43. The van der Waals surface area contributed by atoms with Crippen LogP contribution in [0.2, 0.25) is 0 Å². The van der Waals surface area contributed by atoms with E-state index in [1.54, 1.807) is 6.07 Å². The van der Waals surface area contributed by atoms with Crippen LogP contribution >= 0.6 is 11.3 Å². The Hall–Kier alpha value is -2.61. The summed E-state index contributed by atoms with van der Waals surface area (Å²) in [6, 6.07) is 5.48.